The molecule has 0 bridgehead atoms. The summed E-state index contributed by atoms with van der Waals surface area (Å²) in [6, 6.07) is 6.09. The van der Waals surface area contributed by atoms with E-state index in [1.807, 2.05) is 18.2 Å². The molecule has 0 atom stereocenters. The van der Waals surface area contributed by atoms with Gasteiger partial charge in [0.15, 0.2) is 0 Å². The highest BCUT2D eigenvalue weighted by atomic mass is 79.9. The topological polar surface area (TPSA) is 41.1 Å². The van der Waals surface area contributed by atoms with Gasteiger partial charge >= 0.3 is 0 Å². The van der Waals surface area contributed by atoms with E-state index in [2.05, 4.69) is 56.3 Å². The van der Waals surface area contributed by atoms with E-state index < -0.39 is 0 Å². The van der Waals surface area contributed by atoms with Crippen molar-refractivity contribution in [3.63, 3.8) is 0 Å². The average molecular weight is 364 g/mol. The summed E-state index contributed by atoms with van der Waals surface area (Å²) in [5, 5.41) is 6.08. The second kappa shape index (κ2) is 7.13. The molecule has 0 heterocycles. The molecule has 3 nitrogen and oxygen atoms in total. The molecule has 0 radical (unpaired) electrons. The molecule has 94 valence electrons. The Balaban J connectivity index is 2.47. The van der Waals surface area contributed by atoms with Crippen LogP contribution in [0, 0.1) is 0 Å². The molecule has 2 N–H and O–H groups in total. The Morgan fingerprint density at radius 3 is 2.71 bits per heavy atom. The summed E-state index contributed by atoms with van der Waals surface area (Å²) in [5.74, 6) is 0.0111. The van der Waals surface area contributed by atoms with Crippen LogP contribution < -0.4 is 10.6 Å². The maximum Gasteiger partial charge on any atom is 0.225 e. The van der Waals surface area contributed by atoms with Crippen LogP contribution in [-0.4, -0.2) is 18.5 Å². The third-order valence-electron chi connectivity index (χ3n) is 2.11. The predicted molar refractivity (Wildman–Crippen MR) is 78.2 cm³/mol. The second-order valence-electron chi connectivity index (χ2n) is 4.03. The largest absolute Gasteiger partial charge is 0.325 e. The summed E-state index contributed by atoms with van der Waals surface area (Å²) < 4.78 is 1.82. The van der Waals surface area contributed by atoms with Crippen molar-refractivity contribution in [3.05, 3.63) is 27.1 Å². The van der Waals surface area contributed by atoms with E-state index >= 15 is 0 Å². The number of hydrogen-bond acceptors (Lipinski definition) is 2. The van der Waals surface area contributed by atoms with Gasteiger partial charge in [-0.05, 0) is 34.1 Å². The zero-order valence-corrected chi connectivity index (χ0v) is 13.1. The van der Waals surface area contributed by atoms with Crippen LogP contribution >= 0.6 is 31.9 Å². The van der Waals surface area contributed by atoms with Crippen molar-refractivity contribution >= 4 is 43.5 Å². The molecule has 0 spiro atoms. The van der Waals surface area contributed by atoms with Crippen molar-refractivity contribution in [1.82, 2.24) is 5.32 Å². The Morgan fingerprint density at radius 1 is 1.35 bits per heavy atom. The summed E-state index contributed by atoms with van der Waals surface area (Å²) in [5.41, 5.74) is 0.786. The molecule has 0 aliphatic heterocycles. The van der Waals surface area contributed by atoms with Crippen LogP contribution in [0.2, 0.25) is 0 Å². The summed E-state index contributed by atoms with van der Waals surface area (Å²) >= 11 is 6.77. The number of nitrogens with one attached hydrogen (secondary N) is 2. The third kappa shape index (κ3) is 5.66. The number of anilines is 1. The molecule has 0 saturated heterocycles. The molecule has 0 aliphatic carbocycles. The van der Waals surface area contributed by atoms with Crippen LogP contribution in [0.25, 0.3) is 0 Å². The lowest BCUT2D eigenvalue weighted by Crippen LogP contribution is -2.27. The van der Waals surface area contributed by atoms with E-state index in [0.29, 0.717) is 19.0 Å². The number of carbonyl (C=O) groups excluding carboxylic acids is 1. The minimum absolute atomic E-state index is 0.0111. The van der Waals surface area contributed by atoms with Crippen molar-refractivity contribution in [2.45, 2.75) is 26.3 Å². The quantitative estimate of drug-likeness (QED) is 0.840. The van der Waals surface area contributed by atoms with E-state index in [1.54, 1.807) is 0 Å². The minimum Gasteiger partial charge on any atom is -0.325 e. The first-order valence-corrected chi connectivity index (χ1v) is 7.06. The summed E-state index contributed by atoms with van der Waals surface area (Å²) in [6.07, 6.45) is 0.469. The van der Waals surface area contributed by atoms with E-state index in [9.17, 15) is 4.79 Å². The lowest BCUT2D eigenvalue weighted by molar-refractivity contribution is -0.116. The number of halogens is 2. The first kappa shape index (κ1) is 14.7. The van der Waals surface area contributed by atoms with Gasteiger partial charge in [0, 0.05) is 28.0 Å². The predicted octanol–water partition coefficient (Wildman–Crippen LogP) is 3.54. The molecule has 0 aliphatic rings. The summed E-state index contributed by atoms with van der Waals surface area (Å²) in [6.45, 7) is 4.81. The Bertz CT molecular complexity index is 394. The van der Waals surface area contributed by atoms with Gasteiger partial charge in [0.2, 0.25) is 5.91 Å². The highest BCUT2D eigenvalue weighted by molar-refractivity contribution is 9.11. The van der Waals surface area contributed by atoms with E-state index in [4.69, 9.17) is 0 Å². The SMILES string of the molecule is CC(C)NCCC(=O)Nc1cc(Br)ccc1Br. The normalized spacial score (nSPS) is 10.6. The van der Waals surface area contributed by atoms with Gasteiger partial charge in [-0.1, -0.05) is 29.8 Å². The fourth-order valence-electron chi connectivity index (χ4n) is 1.28. The third-order valence-corrected chi connectivity index (χ3v) is 3.29. The van der Waals surface area contributed by atoms with Crippen LogP contribution in [0.3, 0.4) is 0 Å². The molecule has 0 saturated carbocycles. The number of amides is 1. The van der Waals surface area contributed by atoms with Crippen molar-refractivity contribution in [1.29, 1.82) is 0 Å². The maximum atomic E-state index is 11.7. The highest BCUT2D eigenvalue weighted by Gasteiger charge is 2.06. The smallest absolute Gasteiger partial charge is 0.225 e. The number of rotatable bonds is 5. The highest BCUT2D eigenvalue weighted by Crippen LogP contribution is 2.26. The van der Waals surface area contributed by atoms with Gasteiger partial charge in [0.25, 0.3) is 0 Å². The van der Waals surface area contributed by atoms with Gasteiger partial charge < -0.3 is 10.6 Å². The fourth-order valence-corrected chi connectivity index (χ4v) is 1.99. The summed E-state index contributed by atoms with van der Waals surface area (Å²) in [7, 11) is 0. The van der Waals surface area contributed by atoms with Crippen molar-refractivity contribution < 1.29 is 4.79 Å². The van der Waals surface area contributed by atoms with Crippen molar-refractivity contribution in [2.75, 3.05) is 11.9 Å². The standard InChI is InChI=1S/C12H16Br2N2O/c1-8(2)15-6-5-12(17)16-11-7-9(13)3-4-10(11)14/h3-4,7-8,15H,5-6H2,1-2H3,(H,16,17). The minimum atomic E-state index is 0.0111. The van der Waals surface area contributed by atoms with Crippen LogP contribution in [-0.2, 0) is 4.79 Å². The number of hydrogen-bond donors (Lipinski definition) is 2. The molecule has 1 amide bonds. The molecular formula is C12H16Br2N2O. The van der Waals surface area contributed by atoms with Gasteiger partial charge in [0.1, 0.15) is 0 Å². The first-order chi connectivity index (χ1) is 7.99. The Labute approximate surface area is 119 Å². The van der Waals surface area contributed by atoms with Gasteiger partial charge in [0.05, 0.1) is 5.69 Å². The van der Waals surface area contributed by atoms with E-state index in [0.717, 1.165) is 14.6 Å². The van der Waals surface area contributed by atoms with Crippen LogP contribution in [0.1, 0.15) is 20.3 Å². The Hall–Kier alpha value is -0.390. The first-order valence-electron chi connectivity index (χ1n) is 5.47. The molecule has 5 heteroatoms. The van der Waals surface area contributed by atoms with Gasteiger partial charge in [-0.15, -0.1) is 0 Å². The van der Waals surface area contributed by atoms with Crippen LogP contribution in [0.5, 0.6) is 0 Å². The number of carbonyl (C=O) groups is 1. The molecule has 17 heavy (non-hydrogen) atoms. The van der Waals surface area contributed by atoms with Crippen molar-refractivity contribution in [2.24, 2.45) is 0 Å². The lowest BCUT2D eigenvalue weighted by Gasteiger charge is -2.10. The van der Waals surface area contributed by atoms with Gasteiger partial charge in [-0.3, -0.25) is 4.79 Å². The van der Waals surface area contributed by atoms with Gasteiger partial charge in [-0.25, -0.2) is 0 Å². The zero-order valence-electron chi connectivity index (χ0n) is 9.89. The molecule has 1 rings (SSSR count). The van der Waals surface area contributed by atoms with Crippen molar-refractivity contribution in [3.8, 4) is 0 Å². The molecule has 0 unspecified atom stereocenters. The molecule has 0 fully saturated rings. The molecule has 0 aromatic heterocycles. The molecule has 1 aromatic carbocycles. The number of benzene rings is 1. The zero-order chi connectivity index (χ0) is 12.8. The molecular weight excluding hydrogens is 348 g/mol. The molecule has 1 aromatic rings. The van der Waals surface area contributed by atoms with E-state index in [-0.39, 0.29) is 5.91 Å². The monoisotopic (exact) mass is 362 g/mol. The lowest BCUT2D eigenvalue weighted by atomic mass is 10.3. The Kier molecular flexibility index (Phi) is 6.16. The second-order valence-corrected chi connectivity index (χ2v) is 5.80. The maximum absolute atomic E-state index is 11.7. The van der Waals surface area contributed by atoms with Crippen LogP contribution in [0.4, 0.5) is 5.69 Å². The summed E-state index contributed by atoms with van der Waals surface area (Å²) in [4.78, 5) is 11.7. The van der Waals surface area contributed by atoms with E-state index in [1.165, 1.54) is 0 Å². The Morgan fingerprint density at radius 2 is 2.06 bits per heavy atom. The van der Waals surface area contributed by atoms with Crippen LogP contribution in [0.15, 0.2) is 27.1 Å². The van der Waals surface area contributed by atoms with Gasteiger partial charge in [-0.2, -0.15) is 0 Å². The average Bonchev–Trinajstić information content (AvgIpc) is 2.23. The fraction of sp³-hybridized carbons (Fsp3) is 0.417.